The number of pyridine rings is 1. The van der Waals surface area contributed by atoms with Crippen LogP contribution in [0.4, 0.5) is 9.59 Å². The number of carbonyl (C=O) groups excluding carboxylic acids is 2. The Kier molecular flexibility index (Phi) is 4.44. The van der Waals surface area contributed by atoms with Crippen LogP contribution in [0.5, 0.6) is 0 Å². The lowest BCUT2D eigenvalue weighted by molar-refractivity contribution is -0.0511. The number of nitrogens with zero attached hydrogens (tertiary/aromatic N) is 3. The van der Waals surface area contributed by atoms with Crippen molar-refractivity contribution in [2.24, 2.45) is 11.3 Å². The Morgan fingerprint density at radius 1 is 1.17 bits per heavy atom. The van der Waals surface area contributed by atoms with Gasteiger partial charge in [0, 0.05) is 45.1 Å². The molecular weight excluding hydrogens is 368 g/mol. The molecule has 3 heterocycles. The number of ether oxygens (including phenoxy) is 1. The van der Waals surface area contributed by atoms with E-state index >= 15 is 0 Å². The number of likely N-dealkylation sites (tertiary alicyclic amines) is 1. The molecule has 156 valence electrons. The first-order chi connectivity index (χ1) is 14.0. The molecule has 0 bridgehead atoms. The molecule has 0 unspecified atom stereocenters. The van der Waals surface area contributed by atoms with Crippen molar-refractivity contribution in [2.75, 3.05) is 19.6 Å². The summed E-state index contributed by atoms with van der Waals surface area (Å²) in [5, 5.41) is 3.13. The fraction of sp³-hybridized carbons (Fsp3) is 0.682. The van der Waals surface area contributed by atoms with Crippen LogP contribution in [0.25, 0.3) is 0 Å². The van der Waals surface area contributed by atoms with Crippen LogP contribution in [-0.2, 0) is 17.8 Å². The smallest absolute Gasteiger partial charge is 0.410 e. The Hall–Kier alpha value is -2.31. The van der Waals surface area contributed by atoms with E-state index in [9.17, 15) is 9.59 Å². The molecule has 1 N–H and O–H groups in total. The van der Waals surface area contributed by atoms with E-state index in [-0.39, 0.29) is 17.7 Å². The van der Waals surface area contributed by atoms with Crippen molar-refractivity contribution in [3.63, 3.8) is 0 Å². The lowest BCUT2D eigenvalue weighted by Crippen LogP contribution is -2.46. The predicted molar refractivity (Wildman–Crippen MR) is 107 cm³/mol. The van der Waals surface area contributed by atoms with Gasteiger partial charge in [-0.3, -0.25) is 4.98 Å². The molecule has 2 aliphatic heterocycles. The SMILES string of the molecule is CC1(OC(=O)N2CCC3(CC2)C[C@@H]3CNC(=O)N2Cc3ccncc3C2)CCC1. The molecule has 1 atom stereocenters. The number of nitrogens with one attached hydrogen (secondary N) is 1. The Morgan fingerprint density at radius 3 is 2.62 bits per heavy atom. The number of rotatable bonds is 3. The summed E-state index contributed by atoms with van der Waals surface area (Å²) in [6, 6.07) is 2.00. The van der Waals surface area contributed by atoms with Gasteiger partial charge < -0.3 is 19.9 Å². The van der Waals surface area contributed by atoms with Crippen LogP contribution in [0, 0.1) is 11.3 Å². The molecule has 1 aromatic rings. The van der Waals surface area contributed by atoms with Gasteiger partial charge in [-0.05, 0) is 74.0 Å². The second-order valence-corrected chi connectivity index (χ2v) is 9.61. The van der Waals surface area contributed by atoms with E-state index in [1.807, 2.05) is 29.0 Å². The number of urea groups is 1. The van der Waals surface area contributed by atoms with E-state index in [1.165, 1.54) is 5.56 Å². The van der Waals surface area contributed by atoms with Gasteiger partial charge in [0.2, 0.25) is 0 Å². The molecule has 1 spiro atoms. The first kappa shape index (κ1) is 18.7. The first-order valence-electron chi connectivity index (χ1n) is 10.9. The number of carbonyl (C=O) groups is 2. The van der Waals surface area contributed by atoms with E-state index in [4.69, 9.17) is 4.74 Å². The van der Waals surface area contributed by atoms with E-state index in [2.05, 4.69) is 10.3 Å². The van der Waals surface area contributed by atoms with Gasteiger partial charge in [0.25, 0.3) is 0 Å². The summed E-state index contributed by atoms with van der Waals surface area (Å²) in [7, 11) is 0. The molecule has 0 aromatic carbocycles. The summed E-state index contributed by atoms with van der Waals surface area (Å²) in [4.78, 5) is 32.8. The number of hydrogen-bond donors (Lipinski definition) is 1. The molecule has 1 aromatic heterocycles. The average Bonchev–Trinajstić information content (AvgIpc) is 3.17. The van der Waals surface area contributed by atoms with Gasteiger partial charge >= 0.3 is 12.1 Å². The third kappa shape index (κ3) is 3.55. The number of fused-ring (bicyclic) bond motifs is 1. The van der Waals surface area contributed by atoms with Crippen LogP contribution in [0.3, 0.4) is 0 Å². The van der Waals surface area contributed by atoms with E-state index < -0.39 is 0 Å². The van der Waals surface area contributed by atoms with Crippen molar-refractivity contribution >= 4 is 12.1 Å². The van der Waals surface area contributed by atoms with Crippen LogP contribution in [0.15, 0.2) is 18.5 Å². The van der Waals surface area contributed by atoms with Crippen molar-refractivity contribution in [1.29, 1.82) is 0 Å². The molecule has 0 radical (unpaired) electrons. The summed E-state index contributed by atoms with van der Waals surface area (Å²) in [5.41, 5.74) is 2.40. The second-order valence-electron chi connectivity index (χ2n) is 9.61. The molecule has 7 nitrogen and oxygen atoms in total. The lowest BCUT2D eigenvalue weighted by atomic mass is 9.82. The maximum absolute atomic E-state index is 12.6. The zero-order valence-corrected chi connectivity index (χ0v) is 17.2. The topological polar surface area (TPSA) is 74.8 Å². The lowest BCUT2D eigenvalue weighted by Gasteiger charge is -2.40. The third-order valence-electron chi connectivity index (χ3n) is 7.64. The first-order valence-corrected chi connectivity index (χ1v) is 10.9. The summed E-state index contributed by atoms with van der Waals surface area (Å²) in [5.74, 6) is 0.528. The zero-order valence-electron chi connectivity index (χ0n) is 17.2. The molecule has 3 amide bonds. The van der Waals surface area contributed by atoms with Crippen molar-refractivity contribution in [3.05, 3.63) is 29.6 Å². The highest BCUT2D eigenvalue weighted by molar-refractivity contribution is 5.75. The summed E-state index contributed by atoms with van der Waals surface area (Å²) < 4.78 is 5.71. The number of hydrogen-bond acceptors (Lipinski definition) is 4. The monoisotopic (exact) mass is 398 g/mol. The summed E-state index contributed by atoms with van der Waals surface area (Å²) >= 11 is 0. The van der Waals surface area contributed by atoms with Gasteiger partial charge in [-0.2, -0.15) is 0 Å². The van der Waals surface area contributed by atoms with Gasteiger partial charge in [0.1, 0.15) is 5.60 Å². The molecule has 2 saturated carbocycles. The zero-order chi connectivity index (χ0) is 20.1. The van der Waals surface area contributed by atoms with Gasteiger partial charge in [0.15, 0.2) is 0 Å². The Labute approximate surface area is 171 Å². The molecule has 7 heteroatoms. The second kappa shape index (κ2) is 6.89. The fourth-order valence-electron chi connectivity index (χ4n) is 5.21. The maximum atomic E-state index is 12.6. The minimum absolute atomic E-state index is 0.0120. The van der Waals surface area contributed by atoms with Crippen LogP contribution in [0.1, 0.15) is 56.6 Å². The Bertz CT molecular complexity index is 789. The predicted octanol–water partition coefficient (Wildman–Crippen LogP) is 3.29. The molecule has 29 heavy (non-hydrogen) atoms. The summed E-state index contributed by atoms with van der Waals surface area (Å²) in [6.07, 6.45) is 9.79. The van der Waals surface area contributed by atoms with E-state index in [1.54, 1.807) is 6.20 Å². The van der Waals surface area contributed by atoms with Gasteiger partial charge in [0.05, 0.1) is 0 Å². The molecule has 2 aliphatic carbocycles. The number of amides is 3. The Morgan fingerprint density at radius 2 is 1.93 bits per heavy atom. The number of aromatic nitrogens is 1. The molecule has 4 aliphatic rings. The largest absolute Gasteiger partial charge is 0.443 e. The van der Waals surface area contributed by atoms with Crippen LogP contribution in [0.2, 0.25) is 0 Å². The standard InChI is InChI=1S/C22H30N4O3/c1-21(4-2-5-21)29-20(28)25-9-6-22(7-10-25)11-18(22)13-24-19(27)26-14-16-3-8-23-12-17(16)15-26/h3,8,12,18H,2,4-7,9-11,13-15H2,1H3,(H,24,27)/t18-/m1/s1. The van der Waals surface area contributed by atoms with Crippen molar-refractivity contribution in [1.82, 2.24) is 20.1 Å². The van der Waals surface area contributed by atoms with Crippen LogP contribution < -0.4 is 5.32 Å². The van der Waals surface area contributed by atoms with E-state index in [0.29, 0.717) is 24.4 Å². The number of piperidine rings is 1. The minimum Gasteiger partial charge on any atom is -0.443 e. The molecule has 3 fully saturated rings. The highest BCUT2D eigenvalue weighted by atomic mass is 16.6. The molecule has 1 saturated heterocycles. The Balaban J connectivity index is 1.06. The third-order valence-corrected chi connectivity index (χ3v) is 7.64. The van der Waals surface area contributed by atoms with Crippen LogP contribution in [-0.4, -0.2) is 52.1 Å². The van der Waals surface area contributed by atoms with Crippen molar-refractivity contribution < 1.29 is 14.3 Å². The molecule has 5 rings (SSSR count). The normalized spacial score (nSPS) is 25.9. The molecular formula is C22H30N4O3. The quantitative estimate of drug-likeness (QED) is 0.848. The maximum Gasteiger partial charge on any atom is 0.410 e. The van der Waals surface area contributed by atoms with E-state index in [0.717, 1.165) is 63.7 Å². The van der Waals surface area contributed by atoms with Gasteiger partial charge in [-0.1, -0.05) is 0 Å². The highest BCUT2D eigenvalue weighted by Crippen LogP contribution is 2.59. The highest BCUT2D eigenvalue weighted by Gasteiger charge is 2.55. The van der Waals surface area contributed by atoms with Crippen molar-refractivity contribution in [2.45, 2.75) is 64.1 Å². The van der Waals surface area contributed by atoms with Gasteiger partial charge in [-0.25, -0.2) is 9.59 Å². The summed E-state index contributed by atoms with van der Waals surface area (Å²) in [6.45, 7) is 5.61. The fourth-order valence-corrected chi connectivity index (χ4v) is 5.21. The minimum atomic E-state index is -0.232. The average molecular weight is 399 g/mol. The van der Waals surface area contributed by atoms with Crippen LogP contribution >= 0.6 is 0 Å². The van der Waals surface area contributed by atoms with Crippen molar-refractivity contribution in [3.8, 4) is 0 Å². The van der Waals surface area contributed by atoms with Gasteiger partial charge in [-0.15, -0.1) is 0 Å².